The van der Waals surface area contributed by atoms with Crippen molar-refractivity contribution in [1.29, 1.82) is 0 Å². The van der Waals surface area contributed by atoms with Gasteiger partial charge in [0.05, 0.1) is 29.8 Å². The van der Waals surface area contributed by atoms with Crippen LogP contribution in [-0.4, -0.2) is 37.3 Å². The highest BCUT2D eigenvalue weighted by atomic mass is 16.5. The molecule has 0 spiro atoms. The predicted molar refractivity (Wildman–Crippen MR) is 98.3 cm³/mol. The van der Waals surface area contributed by atoms with Crippen LogP contribution in [0.5, 0.6) is 11.6 Å². The fraction of sp³-hybridized carbons (Fsp3) is 0.250. The van der Waals surface area contributed by atoms with E-state index >= 15 is 0 Å². The molecule has 0 radical (unpaired) electrons. The van der Waals surface area contributed by atoms with Gasteiger partial charge in [0.15, 0.2) is 5.75 Å². The second kappa shape index (κ2) is 7.49. The first kappa shape index (κ1) is 17.1. The highest BCUT2D eigenvalue weighted by Gasteiger charge is 2.32. The Kier molecular flexibility index (Phi) is 4.74. The molecule has 1 amide bonds. The summed E-state index contributed by atoms with van der Waals surface area (Å²) < 4.78 is 5.84. The maximum Gasteiger partial charge on any atom is 0.273 e. The Morgan fingerprint density at radius 3 is 2.85 bits per heavy atom. The van der Waals surface area contributed by atoms with Gasteiger partial charge in [-0.15, -0.1) is 0 Å². The Balaban J connectivity index is 1.57. The Labute approximate surface area is 157 Å². The third-order valence-corrected chi connectivity index (χ3v) is 4.54. The summed E-state index contributed by atoms with van der Waals surface area (Å²) in [7, 11) is 0. The maximum atomic E-state index is 12.8. The largest absolute Gasteiger partial charge is 0.436 e. The lowest BCUT2D eigenvalue weighted by Gasteiger charge is -2.24. The Morgan fingerprint density at radius 1 is 1.15 bits per heavy atom. The van der Waals surface area contributed by atoms with E-state index in [-0.39, 0.29) is 11.9 Å². The number of ether oxygens (including phenoxy) is 1. The van der Waals surface area contributed by atoms with Crippen molar-refractivity contribution in [2.24, 2.45) is 0 Å². The molecule has 1 atom stereocenters. The second-order valence-corrected chi connectivity index (χ2v) is 6.34. The van der Waals surface area contributed by atoms with Crippen LogP contribution in [0.25, 0.3) is 0 Å². The molecule has 7 nitrogen and oxygen atoms in total. The number of hydrogen-bond acceptors (Lipinski definition) is 6. The molecule has 27 heavy (non-hydrogen) atoms. The van der Waals surface area contributed by atoms with Crippen LogP contribution < -0.4 is 4.74 Å². The summed E-state index contributed by atoms with van der Waals surface area (Å²) in [6.45, 7) is 2.55. The molecule has 1 fully saturated rings. The van der Waals surface area contributed by atoms with Crippen LogP contribution in [0, 0.1) is 6.92 Å². The standard InChI is InChI=1S/C20H19N5O2/c1-14-18(8-4-10-22-14)27-19-13-21-12-16(24-19)17-7-5-11-25(17)20(26)15-6-2-3-9-23-15/h2-4,6,8-10,12-13,17H,5,7,11H2,1H3/t17-/m0/s1. The quantitative estimate of drug-likeness (QED) is 0.709. The number of aromatic nitrogens is 4. The molecule has 0 N–H and O–H groups in total. The average Bonchev–Trinajstić information content (AvgIpc) is 3.20. The van der Waals surface area contributed by atoms with Crippen LogP contribution >= 0.6 is 0 Å². The van der Waals surface area contributed by atoms with Crippen molar-refractivity contribution < 1.29 is 9.53 Å². The molecule has 7 heteroatoms. The first-order valence-electron chi connectivity index (χ1n) is 8.86. The maximum absolute atomic E-state index is 12.8. The van der Waals surface area contributed by atoms with Gasteiger partial charge in [-0.05, 0) is 44.0 Å². The van der Waals surface area contributed by atoms with E-state index in [1.807, 2.05) is 30.0 Å². The normalized spacial score (nSPS) is 16.3. The second-order valence-electron chi connectivity index (χ2n) is 6.34. The number of likely N-dealkylation sites (tertiary alicyclic amines) is 1. The fourth-order valence-corrected chi connectivity index (χ4v) is 3.22. The van der Waals surface area contributed by atoms with E-state index in [2.05, 4.69) is 19.9 Å². The summed E-state index contributed by atoms with van der Waals surface area (Å²) in [6, 6.07) is 8.85. The van der Waals surface area contributed by atoms with Crippen molar-refractivity contribution in [1.82, 2.24) is 24.8 Å². The van der Waals surface area contributed by atoms with Gasteiger partial charge in [-0.25, -0.2) is 4.98 Å². The van der Waals surface area contributed by atoms with Crippen LogP contribution in [0.15, 0.2) is 55.1 Å². The van der Waals surface area contributed by atoms with Gasteiger partial charge in [0.1, 0.15) is 5.69 Å². The van der Waals surface area contributed by atoms with Crippen molar-refractivity contribution in [3.8, 4) is 11.6 Å². The summed E-state index contributed by atoms with van der Waals surface area (Å²) in [5.41, 5.74) is 1.93. The molecule has 3 aromatic heterocycles. The molecule has 3 aromatic rings. The Morgan fingerprint density at radius 2 is 2.04 bits per heavy atom. The van der Waals surface area contributed by atoms with Gasteiger partial charge in [-0.3, -0.25) is 19.7 Å². The smallest absolute Gasteiger partial charge is 0.273 e. The molecule has 1 aliphatic heterocycles. The van der Waals surface area contributed by atoms with Crippen molar-refractivity contribution in [3.63, 3.8) is 0 Å². The molecule has 0 unspecified atom stereocenters. The number of nitrogens with zero attached hydrogens (tertiary/aromatic N) is 5. The number of pyridine rings is 2. The molecule has 4 heterocycles. The van der Waals surface area contributed by atoms with Gasteiger partial charge in [-0.2, -0.15) is 0 Å². The third-order valence-electron chi connectivity index (χ3n) is 4.54. The summed E-state index contributed by atoms with van der Waals surface area (Å²) in [5, 5.41) is 0. The van der Waals surface area contributed by atoms with E-state index in [1.54, 1.807) is 36.9 Å². The van der Waals surface area contributed by atoms with Crippen LogP contribution in [0.1, 0.15) is 40.8 Å². The van der Waals surface area contributed by atoms with Crippen molar-refractivity contribution >= 4 is 5.91 Å². The minimum Gasteiger partial charge on any atom is -0.436 e. The zero-order valence-corrected chi connectivity index (χ0v) is 14.9. The van der Waals surface area contributed by atoms with E-state index in [0.29, 0.717) is 23.9 Å². The summed E-state index contributed by atoms with van der Waals surface area (Å²) in [6.07, 6.45) is 8.35. The van der Waals surface area contributed by atoms with Gasteiger partial charge in [0.25, 0.3) is 5.91 Å². The summed E-state index contributed by atoms with van der Waals surface area (Å²) in [4.78, 5) is 31.9. The van der Waals surface area contributed by atoms with Crippen molar-refractivity contribution in [3.05, 3.63) is 72.2 Å². The van der Waals surface area contributed by atoms with E-state index in [0.717, 1.165) is 24.2 Å². The molecule has 1 aliphatic rings. The van der Waals surface area contributed by atoms with E-state index in [4.69, 9.17) is 4.74 Å². The molecule has 136 valence electrons. The number of amides is 1. The Bertz CT molecular complexity index is 948. The van der Waals surface area contributed by atoms with Gasteiger partial charge >= 0.3 is 0 Å². The molecule has 4 rings (SSSR count). The minimum absolute atomic E-state index is 0.0886. The molecule has 0 aromatic carbocycles. The lowest BCUT2D eigenvalue weighted by atomic mass is 10.1. The molecular formula is C20H19N5O2. The highest BCUT2D eigenvalue weighted by Crippen LogP contribution is 2.32. The zero-order chi connectivity index (χ0) is 18.6. The van der Waals surface area contributed by atoms with Gasteiger partial charge in [0, 0.05) is 18.9 Å². The first-order valence-corrected chi connectivity index (χ1v) is 8.86. The minimum atomic E-state index is -0.134. The number of hydrogen-bond donors (Lipinski definition) is 0. The van der Waals surface area contributed by atoms with Gasteiger partial charge in [-0.1, -0.05) is 6.07 Å². The molecule has 0 bridgehead atoms. The summed E-state index contributed by atoms with van der Waals surface area (Å²) in [5.74, 6) is 0.937. The highest BCUT2D eigenvalue weighted by molar-refractivity contribution is 5.92. The van der Waals surface area contributed by atoms with E-state index < -0.39 is 0 Å². The first-order chi connectivity index (χ1) is 13.2. The Hall–Kier alpha value is -3.35. The lowest BCUT2D eigenvalue weighted by Crippen LogP contribution is -2.31. The third kappa shape index (κ3) is 3.62. The average molecular weight is 361 g/mol. The fourth-order valence-electron chi connectivity index (χ4n) is 3.22. The van der Waals surface area contributed by atoms with Crippen molar-refractivity contribution in [2.45, 2.75) is 25.8 Å². The number of carbonyl (C=O) groups excluding carboxylic acids is 1. The van der Waals surface area contributed by atoms with Crippen LogP contribution in [0.4, 0.5) is 0 Å². The van der Waals surface area contributed by atoms with E-state index in [9.17, 15) is 4.79 Å². The molecular weight excluding hydrogens is 342 g/mol. The molecule has 0 aliphatic carbocycles. The van der Waals surface area contributed by atoms with Gasteiger partial charge < -0.3 is 9.64 Å². The van der Waals surface area contributed by atoms with Crippen LogP contribution in [0.3, 0.4) is 0 Å². The number of aryl methyl sites for hydroxylation is 1. The molecule has 0 saturated carbocycles. The van der Waals surface area contributed by atoms with Crippen molar-refractivity contribution in [2.75, 3.05) is 6.54 Å². The SMILES string of the molecule is Cc1ncccc1Oc1cncc([C@@H]2CCCN2C(=O)c2ccccn2)n1. The number of rotatable bonds is 4. The van der Waals surface area contributed by atoms with E-state index in [1.165, 1.54) is 0 Å². The zero-order valence-electron chi connectivity index (χ0n) is 14.9. The monoisotopic (exact) mass is 361 g/mol. The van der Waals surface area contributed by atoms with Crippen LogP contribution in [0.2, 0.25) is 0 Å². The van der Waals surface area contributed by atoms with Gasteiger partial charge in [0.2, 0.25) is 5.88 Å². The lowest BCUT2D eigenvalue weighted by molar-refractivity contribution is 0.0726. The predicted octanol–water partition coefficient (Wildman–Crippen LogP) is 3.34. The number of carbonyl (C=O) groups is 1. The molecule has 1 saturated heterocycles. The summed E-state index contributed by atoms with van der Waals surface area (Å²) >= 11 is 0. The topological polar surface area (TPSA) is 81.1 Å². The van der Waals surface area contributed by atoms with Crippen LogP contribution in [-0.2, 0) is 0 Å².